The van der Waals surface area contributed by atoms with Crippen LogP contribution in [0, 0.1) is 5.82 Å². The summed E-state index contributed by atoms with van der Waals surface area (Å²) in [6.45, 7) is 3.89. The summed E-state index contributed by atoms with van der Waals surface area (Å²) in [6, 6.07) is 12.4. The second-order valence-corrected chi connectivity index (χ2v) is 9.23. The highest BCUT2D eigenvalue weighted by molar-refractivity contribution is 7.99. The highest BCUT2D eigenvalue weighted by Crippen LogP contribution is 2.38. The quantitative estimate of drug-likeness (QED) is 0.625. The van der Waals surface area contributed by atoms with Crippen LogP contribution in [-0.2, 0) is 4.79 Å². The molecule has 0 saturated carbocycles. The monoisotopic (exact) mass is 444 g/mol. The van der Waals surface area contributed by atoms with Gasteiger partial charge in [0.25, 0.3) is 0 Å². The smallest absolute Gasteiger partial charge is 0.320 e. The zero-order valence-corrected chi connectivity index (χ0v) is 18.5. The van der Waals surface area contributed by atoms with E-state index in [9.17, 15) is 14.3 Å². The number of rotatable bonds is 8. The van der Waals surface area contributed by atoms with Gasteiger partial charge in [0, 0.05) is 30.2 Å². The van der Waals surface area contributed by atoms with Crippen LogP contribution in [0.25, 0.3) is 0 Å². The Labute approximate surface area is 187 Å². The van der Waals surface area contributed by atoms with Crippen molar-refractivity contribution in [1.82, 2.24) is 4.90 Å². The standard InChI is InChI=1S/C24H29FN2O3S/c25-18-6-4-7-20(16-18)31-23-17-19(26-11-2-1-3-12-26)9-10-22(23)30-15-14-27-13-5-8-21(27)24(28)29/h4,6-7,9-10,16-17,21H,1-3,5,8,11-15H2,(H,28,29)/t21-/m0/s1. The first-order chi connectivity index (χ1) is 15.1. The molecule has 2 aliphatic rings. The number of hydrogen-bond donors (Lipinski definition) is 1. The van der Waals surface area contributed by atoms with Crippen LogP contribution in [0.5, 0.6) is 5.75 Å². The second-order valence-electron chi connectivity index (χ2n) is 8.12. The van der Waals surface area contributed by atoms with Gasteiger partial charge in [-0.25, -0.2) is 4.39 Å². The van der Waals surface area contributed by atoms with E-state index in [1.165, 1.54) is 43.2 Å². The number of ether oxygens (including phenoxy) is 1. The first kappa shape index (κ1) is 22.0. The molecule has 0 bridgehead atoms. The molecule has 0 aromatic heterocycles. The number of aliphatic carboxylic acids is 1. The van der Waals surface area contributed by atoms with E-state index in [0.717, 1.165) is 47.3 Å². The van der Waals surface area contributed by atoms with Crippen LogP contribution >= 0.6 is 11.8 Å². The zero-order chi connectivity index (χ0) is 21.6. The van der Waals surface area contributed by atoms with E-state index >= 15 is 0 Å². The van der Waals surface area contributed by atoms with Gasteiger partial charge in [0.1, 0.15) is 24.2 Å². The summed E-state index contributed by atoms with van der Waals surface area (Å²) in [5, 5.41) is 9.36. The Morgan fingerprint density at radius 1 is 1.10 bits per heavy atom. The average Bonchev–Trinajstić information content (AvgIpc) is 3.24. The lowest BCUT2D eigenvalue weighted by Crippen LogP contribution is -2.38. The lowest BCUT2D eigenvalue weighted by atomic mass is 10.1. The maximum Gasteiger partial charge on any atom is 0.320 e. The van der Waals surface area contributed by atoms with Crippen LogP contribution in [0.3, 0.4) is 0 Å². The molecule has 2 saturated heterocycles. The summed E-state index contributed by atoms with van der Waals surface area (Å²) in [5.41, 5.74) is 1.16. The van der Waals surface area contributed by atoms with Crippen LogP contribution in [-0.4, -0.2) is 54.8 Å². The molecule has 1 N–H and O–H groups in total. The summed E-state index contributed by atoms with van der Waals surface area (Å²) in [6.07, 6.45) is 5.27. The number of hydrogen-bond acceptors (Lipinski definition) is 5. The molecule has 5 nitrogen and oxygen atoms in total. The van der Waals surface area contributed by atoms with Crippen molar-refractivity contribution in [2.24, 2.45) is 0 Å². The Morgan fingerprint density at radius 2 is 1.94 bits per heavy atom. The van der Waals surface area contributed by atoms with E-state index in [4.69, 9.17) is 4.74 Å². The normalized spacial score (nSPS) is 19.5. The average molecular weight is 445 g/mol. The SMILES string of the molecule is O=C(O)[C@@H]1CCCN1CCOc1ccc(N2CCCCC2)cc1Sc1cccc(F)c1. The van der Waals surface area contributed by atoms with Gasteiger partial charge in [0.05, 0.1) is 4.90 Å². The molecule has 0 amide bonds. The molecule has 166 valence electrons. The van der Waals surface area contributed by atoms with E-state index in [-0.39, 0.29) is 5.82 Å². The molecule has 0 unspecified atom stereocenters. The maximum atomic E-state index is 13.7. The lowest BCUT2D eigenvalue weighted by molar-refractivity contribution is -0.142. The minimum atomic E-state index is -0.759. The molecule has 2 aliphatic heterocycles. The molecule has 0 spiro atoms. The molecule has 0 aliphatic carbocycles. The molecule has 7 heteroatoms. The fourth-order valence-corrected chi connectivity index (χ4v) is 5.33. The van der Waals surface area contributed by atoms with E-state index in [1.807, 2.05) is 17.0 Å². The Bertz CT molecular complexity index is 904. The maximum absolute atomic E-state index is 13.7. The van der Waals surface area contributed by atoms with Gasteiger partial charge in [-0.05, 0) is 75.0 Å². The molecule has 4 rings (SSSR count). The highest BCUT2D eigenvalue weighted by Gasteiger charge is 2.30. The van der Waals surface area contributed by atoms with Crippen LogP contribution in [0.2, 0.25) is 0 Å². The lowest BCUT2D eigenvalue weighted by Gasteiger charge is -2.29. The fraction of sp³-hybridized carbons (Fsp3) is 0.458. The Kier molecular flexibility index (Phi) is 7.35. The fourth-order valence-electron chi connectivity index (χ4n) is 4.35. The summed E-state index contributed by atoms with van der Waals surface area (Å²) in [4.78, 5) is 17.5. The molecular weight excluding hydrogens is 415 g/mol. The minimum absolute atomic E-state index is 0.256. The molecule has 2 heterocycles. The van der Waals surface area contributed by atoms with Crippen molar-refractivity contribution in [3.8, 4) is 5.75 Å². The molecule has 2 fully saturated rings. The number of benzene rings is 2. The van der Waals surface area contributed by atoms with Crippen LogP contribution < -0.4 is 9.64 Å². The van der Waals surface area contributed by atoms with E-state index < -0.39 is 12.0 Å². The van der Waals surface area contributed by atoms with Crippen molar-refractivity contribution in [1.29, 1.82) is 0 Å². The number of nitrogens with zero attached hydrogens (tertiary/aromatic N) is 2. The van der Waals surface area contributed by atoms with Crippen molar-refractivity contribution < 1.29 is 19.0 Å². The third-order valence-corrected chi connectivity index (χ3v) is 6.99. The van der Waals surface area contributed by atoms with Gasteiger partial charge in [-0.15, -0.1) is 0 Å². The molecule has 31 heavy (non-hydrogen) atoms. The van der Waals surface area contributed by atoms with E-state index in [1.54, 1.807) is 6.07 Å². The minimum Gasteiger partial charge on any atom is -0.491 e. The number of anilines is 1. The largest absolute Gasteiger partial charge is 0.491 e. The number of likely N-dealkylation sites (tertiary alicyclic amines) is 1. The second kappa shape index (κ2) is 10.4. The molecular formula is C24H29FN2O3S. The van der Waals surface area contributed by atoms with Crippen molar-refractivity contribution in [2.75, 3.05) is 37.7 Å². The Balaban J connectivity index is 1.49. The number of carboxylic acids is 1. The van der Waals surface area contributed by atoms with Crippen molar-refractivity contribution in [3.63, 3.8) is 0 Å². The third kappa shape index (κ3) is 5.71. The summed E-state index contributed by atoms with van der Waals surface area (Å²) >= 11 is 1.50. The molecule has 2 aromatic rings. The van der Waals surface area contributed by atoms with Crippen molar-refractivity contribution in [2.45, 2.75) is 47.9 Å². The first-order valence-corrected chi connectivity index (χ1v) is 11.8. The van der Waals surface area contributed by atoms with Gasteiger partial charge >= 0.3 is 5.97 Å². The van der Waals surface area contributed by atoms with Crippen LogP contribution in [0.1, 0.15) is 32.1 Å². The topological polar surface area (TPSA) is 53.0 Å². The van der Waals surface area contributed by atoms with Crippen LogP contribution in [0.4, 0.5) is 10.1 Å². The number of halogens is 1. The van der Waals surface area contributed by atoms with Gasteiger partial charge in [0.15, 0.2) is 0 Å². The summed E-state index contributed by atoms with van der Waals surface area (Å²) in [7, 11) is 0. The Hall–Kier alpha value is -2.25. The van der Waals surface area contributed by atoms with Gasteiger partial charge in [-0.2, -0.15) is 0 Å². The van der Waals surface area contributed by atoms with Gasteiger partial charge in [0.2, 0.25) is 0 Å². The summed E-state index contributed by atoms with van der Waals surface area (Å²) < 4.78 is 19.8. The van der Waals surface area contributed by atoms with E-state index in [0.29, 0.717) is 19.6 Å². The van der Waals surface area contributed by atoms with Crippen molar-refractivity contribution in [3.05, 3.63) is 48.3 Å². The Morgan fingerprint density at radius 3 is 2.71 bits per heavy atom. The molecule has 2 aromatic carbocycles. The molecule has 1 atom stereocenters. The predicted molar refractivity (Wildman–Crippen MR) is 121 cm³/mol. The highest BCUT2D eigenvalue weighted by atomic mass is 32.2. The predicted octanol–water partition coefficient (Wildman–Crippen LogP) is 4.90. The number of piperidine rings is 1. The van der Waals surface area contributed by atoms with Crippen LogP contribution in [0.15, 0.2) is 52.3 Å². The van der Waals surface area contributed by atoms with Gasteiger partial charge < -0.3 is 14.7 Å². The van der Waals surface area contributed by atoms with E-state index in [2.05, 4.69) is 17.0 Å². The van der Waals surface area contributed by atoms with Gasteiger partial charge in [-0.1, -0.05) is 17.8 Å². The first-order valence-electron chi connectivity index (χ1n) is 11.0. The van der Waals surface area contributed by atoms with Gasteiger partial charge in [-0.3, -0.25) is 9.69 Å². The number of carbonyl (C=O) groups is 1. The third-order valence-electron chi connectivity index (χ3n) is 5.96. The zero-order valence-electron chi connectivity index (χ0n) is 17.6. The molecule has 0 radical (unpaired) electrons. The summed E-state index contributed by atoms with van der Waals surface area (Å²) in [5.74, 6) is -0.264. The van der Waals surface area contributed by atoms with Crippen molar-refractivity contribution >= 4 is 23.4 Å². The number of carboxylic acid groups (broad SMARTS) is 1.